The molecule has 0 radical (unpaired) electrons. The Balaban J connectivity index is 0.00000116. The minimum Gasteiger partial charge on any atom is -1.00 e. The normalized spacial score (nSPS) is 11.2. The van der Waals surface area contributed by atoms with Crippen LogP contribution in [-0.2, 0) is 49.4 Å². The van der Waals surface area contributed by atoms with Gasteiger partial charge in [0.1, 0.15) is 42.8 Å². The standard InChI is InChI=1S/C20H21FIN3O6S2.C16H13FIN3O4S.C4H9IO2S.CH2O3.2Cs.H/c1-23-19(26)16-14-11-15(22)18(25(33(3,29)30)9-4-10-32(2,27)28)24-20(14)31-17(16)12-5-7-13(21)8-6-12;1-19-15(22)12-10-7-11(18)14(21-26(2,23)24)20-16(10)25-13(12)8-3-5-9(17)6-4-8;1-8(6,7)4-2-3-5;2-1-4-3;;;/h5-8,11H,4,9-10H2,1-3H3,(H,23,26);3-7H,1-2H3,(H,19,22)(H,20,21);2-4H2,1H3;1,3H;;;/q;;;;2*+1;-1/p-1. The van der Waals surface area contributed by atoms with Gasteiger partial charge in [-0.3, -0.25) is 23.4 Å². The molecule has 0 bridgehead atoms. The second-order valence-corrected chi connectivity index (χ2v) is 26.2. The zero-order valence-corrected chi connectivity index (χ0v) is 62.4. The molecule has 21 nitrogen and oxygen atoms in total. The van der Waals surface area contributed by atoms with Gasteiger partial charge in [-0.05, 0) is 119 Å². The Kier molecular flexibility index (Phi) is 31.1. The van der Waals surface area contributed by atoms with Crippen molar-refractivity contribution >= 4 is 160 Å². The third-order valence-corrected chi connectivity index (χ3v) is 15.0. The largest absolute Gasteiger partial charge is 1.00 e. The van der Waals surface area contributed by atoms with Crippen LogP contribution in [0.3, 0.4) is 0 Å². The van der Waals surface area contributed by atoms with Crippen LogP contribution in [0.5, 0.6) is 0 Å². The van der Waals surface area contributed by atoms with E-state index in [1.165, 1.54) is 68.9 Å². The quantitative estimate of drug-likeness (QED) is 0.0351. The first kappa shape index (κ1) is 70.8. The van der Waals surface area contributed by atoms with Crippen molar-refractivity contribution in [2.75, 3.05) is 70.6 Å². The molecule has 0 aliphatic rings. The molecule has 390 valence electrons. The molecule has 0 unspecified atom stereocenters. The number of hydrogen-bond acceptors (Lipinski definition) is 17. The molecule has 2 aromatic carbocycles. The molecule has 3 N–H and O–H groups in total. The zero-order chi connectivity index (χ0) is 53.6. The Morgan fingerprint density at radius 3 is 1.47 bits per heavy atom. The number of sulfonamides is 2. The third-order valence-electron chi connectivity index (χ3n) is 8.86. The number of anilines is 2. The molecule has 0 saturated carbocycles. The summed E-state index contributed by atoms with van der Waals surface area (Å²) in [6.45, 7) is -0.283. The number of carbonyl (C=O) groups is 3. The number of nitrogens with one attached hydrogen (secondary N) is 3. The number of nitrogens with zero attached hydrogens (tertiary/aromatic N) is 3. The molecule has 0 atom stereocenters. The van der Waals surface area contributed by atoms with E-state index in [2.05, 4.69) is 52.8 Å². The van der Waals surface area contributed by atoms with Gasteiger partial charge in [0.15, 0.2) is 11.6 Å². The number of alkyl halides is 1. The van der Waals surface area contributed by atoms with Gasteiger partial charge in [0.25, 0.3) is 18.3 Å². The molecule has 0 saturated heterocycles. The van der Waals surface area contributed by atoms with Crippen LogP contribution < -0.4 is 163 Å². The number of fused-ring (bicyclic) bond motifs is 2. The summed E-state index contributed by atoms with van der Waals surface area (Å²) in [6.07, 6.45) is 5.20. The van der Waals surface area contributed by atoms with Crippen LogP contribution in [0.4, 0.5) is 20.4 Å². The molecular weight excluding hydrogens is 1630 g/mol. The number of pyridine rings is 2. The van der Waals surface area contributed by atoms with Gasteiger partial charge in [-0.1, -0.05) is 22.6 Å². The average Bonchev–Trinajstić information content (AvgIpc) is 3.84. The van der Waals surface area contributed by atoms with Crippen molar-refractivity contribution in [1.29, 1.82) is 0 Å². The molecule has 2 amide bonds. The number of furan rings is 2. The number of aromatic nitrogens is 2. The summed E-state index contributed by atoms with van der Waals surface area (Å²) in [4.78, 5) is 44.8. The van der Waals surface area contributed by atoms with Gasteiger partial charge in [-0.2, -0.15) is 9.97 Å². The fourth-order valence-electron chi connectivity index (χ4n) is 5.94. The third kappa shape index (κ3) is 22.8. The van der Waals surface area contributed by atoms with Crippen LogP contribution in [0, 0.1) is 18.8 Å². The molecule has 0 aliphatic heterocycles. The van der Waals surface area contributed by atoms with Gasteiger partial charge in [0.05, 0.1) is 53.1 Å². The Morgan fingerprint density at radius 2 is 1.12 bits per heavy atom. The van der Waals surface area contributed by atoms with Gasteiger partial charge < -0.3 is 31.0 Å². The number of sulfone groups is 2. The van der Waals surface area contributed by atoms with Crippen molar-refractivity contribution < 1.29 is 215 Å². The van der Waals surface area contributed by atoms with E-state index in [9.17, 15) is 52.0 Å². The van der Waals surface area contributed by atoms with Crippen LogP contribution >= 0.6 is 67.8 Å². The van der Waals surface area contributed by atoms with E-state index < -0.39 is 63.2 Å². The predicted octanol–water partition coefficient (Wildman–Crippen LogP) is -0.820. The molecule has 0 aliphatic carbocycles. The first-order valence-corrected chi connectivity index (χ1v) is 31.3. The van der Waals surface area contributed by atoms with E-state index in [4.69, 9.17) is 18.9 Å². The Labute approximate surface area is 580 Å². The smallest absolute Gasteiger partial charge is 1.00 e. The molecule has 0 fully saturated rings. The minimum atomic E-state index is -3.80. The summed E-state index contributed by atoms with van der Waals surface area (Å²) in [5, 5.41) is 14.3. The first-order valence-electron chi connectivity index (χ1n) is 19.8. The number of rotatable bonds is 16. The zero-order valence-electron chi connectivity index (χ0n) is 41.1. The van der Waals surface area contributed by atoms with E-state index >= 15 is 0 Å². The maximum absolute atomic E-state index is 13.4. The van der Waals surface area contributed by atoms with Gasteiger partial charge in [-0.25, -0.2) is 42.5 Å². The van der Waals surface area contributed by atoms with Crippen LogP contribution in [0.25, 0.3) is 44.8 Å². The van der Waals surface area contributed by atoms with Crippen molar-refractivity contribution in [3.05, 3.63) is 90.6 Å². The van der Waals surface area contributed by atoms with Crippen molar-refractivity contribution in [1.82, 2.24) is 20.6 Å². The molecule has 32 heteroatoms. The topological polar surface area (TPSA) is 311 Å². The number of benzene rings is 2. The summed E-state index contributed by atoms with van der Waals surface area (Å²) in [5.74, 6) is -1.04. The van der Waals surface area contributed by atoms with Crippen LogP contribution in [0.15, 0.2) is 69.5 Å². The first-order chi connectivity index (χ1) is 33.0. The van der Waals surface area contributed by atoms with Gasteiger partial charge in [0.2, 0.25) is 31.5 Å². The van der Waals surface area contributed by atoms with E-state index in [1.807, 2.05) is 45.2 Å². The maximum atomic E-state index is 13.4. The predicted molar refractivity (Wildman–Crippen MR) is 287 cm³/mol. The number of hydrogen-bond donors (Lipinski definition) is 3. The van der Waals surface area contributed by atoms with Gasteiger partial charge in [-0.15, -0.1) is 0 Å². The van der Waals surface area contributed by atoms with Crippen molar-refractivity contribution in [3.63, 3.8) is 0 Å². The number of halogens is 5. The summed E-state index contributed by atoms with van der Waals surface area (Å²) in [6, 6.07) is 14.0. The second-order valence-electron chi connectivity index (χ2n) is 14.7. The van der Waals surface area contributed by atoms with E-state index in [-0.39, 0.29) is 210 Å². The Bertz CT molecular complexity index is 3350. The van der Waals surface area contributed by atoms with Gasteiger partial charge in [0, 0.05) is 48.7 Å². The molecular formula is C41H45Cs2F2I3N6O15S4. The summed E-state index contributed by atoms with van der Waals surface area (Å²) in [5.41, 5.74) is 1.47. The molecule has 6 aromatic rings. The van der Waals surface area contributed by atoms with Crippen LogP contribution in [0.2, 0.25) is 0 Å². The van der Waals surface area contributed by atoms with E-state index in [1.54, 1.807) is 12.1 Å². The molecule has 0 spiro atoms. The fraction of sp³-hybridized carbons (Fsp3) is 0.293. The van der Waals surface area contributed by atoms with Gasteiger partial charge >= 0.3 is 138 Å². The number of carbonyl (C=O) groups excluding carboxylic acids is 3. The minimum absolute atomic E-state index is 0. The molecule has 4 heterocycles. The van der Waals surface area contributed by atoms with Crippen molar-refractivity contribution in [2.45, 2.75) is 12.8 Å². The second kappa shape index (κ2) is 32.1. The number of amides is 2. The molecule has 6 rings (SSSR count). The Hall–Kier alpha value is -0.256. The van der Waals surface area contributed by atoms with Crippen molar-refractivity contribution in [2.24, 2.45) is 0 Å². The Morgan fingerprint density at radius 1 is 0.726 bits per heavy atom. The fourth-order valence-corrected chi connectivity index (χ4v) is 11.2. The molecule has 4 aromatic heterocycles. The monoisotopic (exact) mass is 1670 g/mol. The van der Waals surface area contributed by atoms with Crippen LogP contribution in [0.1, 0.15) is 35.0 Å². The average molecular weight is 1670 g/mol. The van der Waals surface area contributed by atoms with E-state index in [0.717, 1.165) is 33.9 Å². The SMILES string of the molecule is CNC(=O)c1c(-c2ccc(F)cc2)oc2nc(N(CCCS(C)(=O)=O)S(C)(=O)=O)c(I)cc12.CNC(=O)c1c(-c2ccc(F)cc2)oc2nc(NS(C)(=O)=O)c(I)cc12.CS(=O)(=O)CCCI.O=CO[O-].[Cs+].[Cs+].[H-]. The maximum Gasteiger partial charge on any atom is 1.00 e. The molecule has 73 heavy (non-hydrogen) atoms. The van der Waals surface area contributed by atoms with Crippen molar-refractivity contribution in [3.8, 4) is 22.6 Å². The van der Waals surface area contributed by atoms with Crippen LogP contribution in [-0.4, -0.2) is 124 Å². The van der Waals surface area contributed by atoms with E-state index in [0.29, 0.717) is 34.8 Å². The summed E-state index contributed by atoms with van der Waals surface area (Å²) >= 11 is 5.98. The summed E-state index contributed by atoms with van der Waals surface area (Å²) in [7, 11) is -10.4. The summed E-state index contributed by atoms with van der Waals surface area (Å²) < 4.78 is 135.